The summed E-state index contributed by atoms with van der Waals surface area (Å²) in [4.78, 5) is 38.3. The molecule has 0 heterocycles. The lowest BCUT2D eigenvalue weighted by Gasteiger charge is -2.12. The van der Waals surface area contributed by atoms with Crippen LogP contribution in [0.1, 0.15) is 46.4 Å². The summed E-state index contributed by atoms with van der Waals surface area (Å²) in [6.45, 7) is 0.779. The van der Waals surface area contributed by atoms with E-state index in [0.29, 0.717) is 23.5 Å². The third kappa shape index (κ3) is 8.90. The first-order chi connectivity index (χ1) is 17.0. The molecule has 0 aliphatic rings. The van der Waals surface area contributed by atoms with E-state index in [4.69, 9.17) is 5.14 Å². The summed E-state index contributed by atoms with van der Waals surface area (Å²) in [5, 5.41) is 13.8. The van der Waals surface area contributed by atoms with E-state index in [1.165, 1.54) is 6.07 Å². The van der Waals surface area contributed by atoms with Crippen molar-refractivity contribution in [2.24, 2.45) is 5.14 Å². The van der Waals surface area contributed by atoms with Gasteiger partial charge in [-0.25, -0.2) is 0 Å². The van der Waals surface area contributed by atoms with Crippen LogP contribution in [0.4, 0.5) is 17.1 Å². The minimum absolute atomic E-state index is 0.179. The van der Waals surface area contributed by atoms with Gasteiger partial charge < -0.3 is 16.0 Å². The Hall–Kier alpha value is -3.66. The summed E-state index contributed by atoms with van der Waals surface area (Å²) in [7, 11) is 0. The van der Waals surface area contributed by atoms with Gasteiger partial charge in [0.05, 0.1) is 0 Å². The highest BCUT2D eigenvalue weighted by atomic mass is 32.2. The number of benzene rings is 3. The second-order valence-corrected chi connectivity index (χ2v) is 8.33. The molecule has 0 bridgehead atoms. The predicted octanol–water partition coefficient (Wildman–Crippen LogP) is 4.80. The first-order valence-corrected chi connectivity index (χ1v) is 12.2. The molecule has 35 heavy (non-hydrogen) atoms. The van der Waals surface area contributed by atoms with Gasteiger partial charge in [0, 0.05) is 53.3 Å². The van der Waals surface area contributed by atoms with E-state index in [2.05, 4.69) is 20.7 Å². The lowest BCUT2D eigenvalue weighted by atomic mass is 10.1. The third-order valence-electron chi connectivity index (χ3n) is 5.07. The van der Waals surface area contributed by atoms with Gasteiger partial charge in [-0.2, -0.15) is 0 Å². The number of carbonyl (C=O) groups excluding carboxylic acids is 3. The number of rotatable bonds is 12. The van der Waals surface area contributed by atoms with Crippen molar-refractivity contribution in [2.75, 3.05) is 22.5 Å². The van der Waals surface area contributed by atoms with E-state index in [-0.39, 0.29) is 28.8 Å². The summed E-state index contributed by atoms with van der Waals surface area (Å²) in [5.41, 5.74) is 2.16. The fourth-order valence-corrected chi connectivity index (χ4v) is 3.62. The molecule has 3 rings (SSSR count). The third-order valence-corrected chi connectivity index (χ3v) is 5.44. The summed E-state index contributed by atoms with van der Waals surface area (Å²) in [5.74, 6) is -0.945. The highest BCUT2D eigenvalue weighted by molar-refractivity contribution is 7.95. The molecule has 0 fully saturated rings. The number of nitrogens with one attached hydrogen (secondary N) is 4. The van der Waals surface area contributed by atoms with E-state index in [9.17, 15) is 14.4 Å². The van der Waals surface area contributed by atoms with Crippen LogP contribution in [-0.2, 0) is 4.79 Å². The molecule has 3 amide bonds. The van der Waals surface area contributed by atoms with Crippen LogP contribution < -0.4 is 25.8 Å². The lowest BCUT2D eigenvalue weighted by molar-refractivity contribution is -0.116. The Bertz CT molecular complexity index is 1050. The van der Waals surface area contributed by atoms with Gasteiger partial charge in [0.1, 0.15) is 0 Å². The fourth-order valence-electron chi connectivity index (χ4n) is 3.35. The van der Waals surface area contributed by atoms with Crippen molar-refractivity contribution >= 4 is 46.9 Å². The fraction of sp³-hybridized carbons (Fsp3) is 0.192. The number of para-hydroxylation sites is 2. The monoisotopic (exact) mass is 491 g/mol. The van der Waals surface area contributed by atoms with E-state index in [1.807, 2.05) is 36.4 Å². The summed E-state index contributed by atoms with van der Waals surface area (Å²) < 4.78 is 2.96. The van der Waals surface area contributed by atoms with Gasteiger partial charge in [0.15, 0.2) is 0 Å². The highest BCUT2D eigenvalue weighted by Gasteiger charge is 2.15. The Kier molecular flexibility index (Phi) is 10.3. The molecule has 0 radical (unpaired) electrons. The topological polar surface area (TPSA) is 125 Å². The standard InChI is InChI=1S/C26H29N5O3S/c27-35-28-15-9-3-8-14-24(32)29-23-17-19(25(33)30-21-10-4-1-5-11-21)16-20(18-23)26(34)31-22-12-6-2-7-13-22/h1-2,4-7,10-13,16-18,28H,3,8-9,14-15,27H2,(H,29,32)(H,30,33)(H,31,34). The normalized spacial score (nSPS) is 10.4. The Labute approximate surface area is 209 Å². The Balaban J connectivity index is 1.73. The maximum absolute atomic E-state index is 12.9. The highest BCUT2D eigenvalue weighted by Crippen LogP contribution is 2.19. The van der Waals surface area contributed by atoms with Crippen molar-refractivity contribution in [3.05, 3.63) is 90.0 Å². The molecular formula is C26H29N5O3S. The zero-order valence-corrected chi connectivity index (χ0v) is 20.1. The van der Waals surface area contributed by atoms with Gasteiger partial charge in [-0.1, -0.05) is 42.8 Å². The molecule has 6 N–H and O–H groups in total. The molecule has 0 saturated heterocycles. The van der Waals surface area contributed by atoms with Gasteiger partial charge in [-0.15, -0.1) is 0 Å². The van der Waals surface area contributed by atoms with Crippen molar-refractivity contribution < 1.29 is 14.4 Å². The van der Waals surface area contributed by atoms with Gasteiger partial charge in [-0.3, -0.25) is 24.2 Å². The zero-order chi connectivity index (χ0) is 24.9. The molecule has 0 atom stereocenters. The van der Waals surface area contributed by atoms with Crippen LogP contribution in [0.5, 0.6) is 0 Å². The second kappa shape index (κ2) is 13.9. The van der Waals surface area contributed by atoms with Crippen molar-refractivity contribution in [2.45, 2.75) is 25.7 Å². The van der Waals surface area contributed by atoms with Crippen molar-refractivity contribution in [3.63, 3.8) is 0 Å². The Morgan fingerprint density at radius 3 is 1.71 bits per heavy atom. The van der Waals surface area contributed by atoms with Crippen LogP contribution >= 0.6 is 12.1 Å². The molecular weight excluding hydrogens is 462 g/mol. The van der Waals surface area contributed by atoms with Gasteiger partial charge in [0.25, 0.3) is 11.8 Å². The van der Waals surface area contributed by atoms with Crippen LogP contribution in [0.25, 0.3) is 0 Å². The molecule has 3 aromatic carbocycles. The summed E-state index contributed by atoms with van der Waals surface area (Å²) in [6.07, 6.45) is 2.85. The lowest BCUT2D eigenvalue weighted by Crippen LogP contribution is -2.18. The van der Waals surface area contributed by atoms with Crippen LogP contribution in [0.3, 0.4) is 0 Å². The summed E-state index contributed by atoms with van der Waals surface area (Å²) >= 11 is 1.08. The Morgan fingerprint density at radius 2 is 1.20 bits per heavy atom. The molecule has 0 spiro atoms. The van der Waals surface area contributed by atoms with Crippen molar-refractivity contribution in [1.29, 1.82) is 0 Å². The van der Waals surface area contributed by atoms with E-state index < -0.39 is 0 Å². The SMILES string of the molecule is NSNCCCCCC(=O)Nc1cc(C(=O)Nc2ccccc2)cc(C(=O)Nc2ccccc2)c1. The van der Waals surface area contributed by atoms with Crippen LogP contribution in [-0.4, -0.2) is 24.3 Å². The van der Waals surface area contributed by atoms with Gasteiger partial charge >= 0.3 is 0 Å². The zero-order valence-electron chi connectivity index (χ0n) is 19.3. The number of nitrogens with two attached hydrogens (primary N) is 1. The molecule has 0 aliphatic carbocycles. The molecule has 8 nitrogen and oxygen atoms in total. The predicted molar refractivity (Wildman–Crippen MR) is 142 cm³/mol. The molecule has 9 heteroatoms. The first-order valence-electron chi connectivity index (χ1n) is 11.3. The first kappa shape index (κ1) is 26.0. The number of unbranched alkanes of at least 4 members (excludes halogenated alkanes) is 2. The van der Waals surface area contributed by atoms with E-state index in [1.54, 1.807) is 36.4 Å². The quantitative estimate of drug-likeness (QED) is 0.183. The van der Waals surface area contributed by atoms with E-state index >= 15 is 0 Å². The molecule has 3 aromatic rings. The molecule has 0 aliphatic heterocycles. The minimum atomic E-state index is -0.383. The molecule has 182 valence electrons. The van der Waals surface area contributed by atoms with Crippen LogP contribution in [0.15, 0.2) is 78.9 Å². The summed E-state index contributed by atoms with van der Waals surface area (Å²) in [6, 6.07) is 22.7. The van der Waals surface area contributed by atoms with E-state index in [0.717, 1.165) is 37.9 Å². The molecule has 0 saturated carbocycles. The largest absolute Gasteiger partial charge is 0.326 e. The molecule has 0 unspecified atom stereocenters. The number of amides is 3. The van der Waals surface area contributed by atoms with Gasteiger partial charge in [-0.05, 0) is 55.3 Å². The smallest absolute Gasteiger partial charge is 0.255 e. The molecule has 0 aromatic heterocycles. The second-order valence-electron chi connectivity index (χ2n) is 7.81. The number of anilines is 3. The average Bonchev–Trinajstić information content (AvgIpc) is 2.87. The number of hydrogen-bond donors (Lipinski definition) is 5. The number of carbonyl (C=O) groups is 3. The van der Waals surface area contributed by atoms with Gasteiger partial charge in [0.2, 0.25) is 5.91 Å². The van der Waals surface area contributed by atoms with Crippen LogP contribution in [0, 0.1) is 0 Å². The average molecular weight is 492 g/mol. The van der Waals surface area contributed by atoms with Crippen LogP contribution in [0.2, 0.25) is 0 Å². The number of hydrogen-bond acceptors (Lipinski definition) is 6. The maximum atomic E-state index is 12.9. The minimum Gasteiger partial charge on any atom is -0.326 e. The maximum Gasteiger partial charge on any atom is 0.255 e. The van der Waals surface area contributed by atoms with Crippen molar-refractivity contribution in [1.82, 2.24) is 4.72 Å². The van der Waals surface area contributed by atoms with Crippen molar-refractivity contribution in [3.8, 4) is 0 Å². The Morgan fingerprint density at radius 1 is 0.657 bits per heavy atom.